The maximum atomic E-state index is 11.2. The van der Waals surface area contributed by atoms with Gasteiger partial charge in [0.2, 0.25) is 0 Å². The quantitative estimate of drug-likeness (QED) is 0.686. The second-order valence-corrected chi connectivity index (χ2v) is 5.42. The summed E-state index contributed by atoms with van der Waals surface area (Å²) in [5.41, 5.74) is 2.98. The SMILES string of the molecule is O=Cc1cccc2ccn(CC3Cc4ccccc4O3)c12. The number of aldehydes is 1. The Labute approximate surface area is 122 Å². The van der Waals surface area contributed by atoms with E-state index in [1.807, 2.05) is 48.7 Å². The van der Waals surface area contributed by atoms with E-state index in [-0.39, 0.29) is 6.10 Å². The number of para-hydroxylation sites is 2. The summed E-state index contributed by atoms with van der Waals surface area (Å²) in [7, 11) is 0. The van der Waals surface area contributed by atoms with Crippen LogP contribution in [-0.2, 0) is 13.0 Å². The summed E-state index contributed by atoms with van der Waals surface area (Å²) >= 11 is 0. The molecule has 1 atom stereocenters. The van der Waals surface area contributed by atoms with Gasteiger partial charge in [0, 0.05) is 23.6 Å². The van der Waals surface area contributed by atoms with E-state index in [0.29, 0.717) is 0 Å². The van der Waals surface area contributed by atoms with Crippen molar-refractivity contribution in [3.05, 3.63) is 65.9 Å². The molecule has 0 amide bonds. The van der Waals surface area contributed by atoms with Crippen molar-refractivity contribution in [2.75, 3.05) is 0 Å². The minimum atomic E-state index is 0.123. The van der Waals surface area contributed by atoms with Crippen LogP contribution < -0.4 is 4.74 Å². The Kier molecular flexibility index (Phi) is 2.78. The molecule has 3 aromatic rings. The standard InChI is InChI=1S/C18H15NO2/c20-12-15-6-3-5-13-8-9-19(18(13)15)11-16-10-14-4-1-2-7-17(14)21-16/h1-9,12,16H,10-11H2. The molecule has 0 radical (unpaired) electrons. The van der Waals surface area contributed by atoms with Crippen LogP contribution in [0.5, 0.6) is 5.75 Å². The first kappa shape index (κ1) is 12.2. The molecule has 0 N–H and O–H groups in total. The minimum Gasteiger partial charge on any atom is -0.488 e. The fraction of sp³-hybridized carbons (Fsp3) is 0.167. The van der Waals surface area contributed by atoms with Crippen molar-refractivity contribution in [1.29, 1.82) is 0 Å². The fourth-order valence-corrected chi connectivity index (χ4v) is 3.11. The third-order valence-electron chi connectivity index (χ3n) is 4.06. The molecule has 1 aliphatic heterocycles. The Hall–Kier alpha value is -2.55. The van der Waals surface area contributed by atoms with Crippen molar-refractivity contribution in [1.82, 2.24) is 4.57 Å². The van der Waals surface area contributed by atoms with Crippen molar-refractivity contribution < 1.29 is 9.53 Å². The van der Waals surface area contributed by atoms with Crippen LogP contribution >= 0.6 is 0 Å². The zero-order valence-electron chi connectivity index (χ0n) is 11.5. The Morgan fingerprint density at radius 3 is 2.90 bits per heavy atom. The smallest absolute Gasteiger partial charge is 0.152 e. The van der Waals surface area contributed by atoms with Crippen molar-refractivity contribution in [2.45, 2.75) is 19.1 Å². The average molecular weight is 277 g/mol. The molecule has 0 spiro atoms. The highest BCUT2D eigenvalue weighted by molar-refractivity contribution is 5.96. The molecular weight excluding hydrogens is 262 g/mol. The van der Waals surface area contributed by atoms with Crippen LogP contribution in [0.1, 0.15) is 15.9 Å². The molecule has 2 heterocycles. The topological polar surface area (TPSA) is 31.2 Å². The molecule has 3 heteroatoms. The summed E-state index contributed by atoms with van der Waals surface area (Å²) in [6, 6.07) is 16.0. The van der Waals surface area contributed by atoms with Gasteiger partial charge in [0.15, 0.2) is 6.29 Å². The van der Waals surface area contributed by atoms with Gasteiger partial charge in [-0.1, -0.05) is 30.3 Å². The first-order chi connectivity index (χ1) is 10.3. The molecule has 4 rings (SSSR count). The number of ether oxygens (including phenoxy) is 1. The highest BCUT2D eigenvalue weighted by Crippen LogP contribution is 2.29. The number of rotatable bonds is 3. The van der Waals surface area contributed by atoms with Crippen LogP contribution in [0.15, 0.2) is 54.7 Å². The molecule has 3 nitrogen and oxygen atoms in total. The van der Waals surface area contributed by atoms with Crippen LogP contribution in [0.2, 0.25) is 0 Å². The molecule has 21 heavy (non-hydrogen) atoms. The van der Waals surface area contributed by atoms with Gasteiger partial charge >= 0.3 is 0 Å². The number of fused-ring (bicyclic) bond motifs is 2. The first-order valence-corrected chi connectivity index (χ1v) is 7.13. The lowest BCUT2D eigenvalue weighted by Crippen LogP contribution is -2.20. The number of hydrogen-bond donors (Lipinski definition) is 0. The molecule has 1 aromatic heterocycles. The second kappa shape index (κ2) is 4.77. The van der Waals surface area contributed by atoms with E-state index in [4.69, 9.17) is 4.74 Å². The zero-order chi connectivity index (χ0) is 14.2. The number of aromatic nitrogens is 1. The summed E-state index contributed by atoms with van der Waals surface area (Å²) in [6.45, 7) is 0.753. The van der Waals surface area contributed by atoms with Crippen LogP contribution in [0.3, 0.4) is 0 Å². The summed E-state index contributed by atoms with van der Waals surface area (Å²) in [4.78, 5) is 11.2. The van der Waals surface area contributed by atoms with Crippen LogP contribution in [-0.4, -0.2) is 17.0 Å². The van der Waals surface area contributed by atoms with Crippen LogP contribution in [0, 0.1) is 0 Å². The van der Waals surface area contributed by atoms with Gasteiger partial charge in [0.05, 0.1) is 12.1 Å². The molecule has 0 saturated carbocycles. The Morgan fingerprint density at radius 2 is 2.05 bits per heavy atom. The molecule has 1 unspecified atom stereocenters. The predicted octanol–water partition coefficient (Wildman–Crippen LogP) is 3.46. The van der Waals surface area contributed by atoms with Crippen molar-refractivity contribution >= 4 is 17.2 Å². The molecule has 1 aliphatic rings. The van der Waals surface area contributed by atoms with E-state index in [9.17, 15) is 4.79 Å². The molecule has 0 fully saturated rings. The number of benzene rings is 2. The van der Waals surface area contributed by atoms with E-state index in [2.05, 4.69) is 10.6 Å². The zero-order valence-corrected chi connectivity index (χ0v) is 11.5. The van der Waals surface area contributed by atoms with Crippen molar-refractivity contribution in [3.8, 4) is 5.75 Å². The van der Waals surface area contributed by atoms with E-state index in [0.717, 1.165) is 41.5 Å². The summed E-state index contributed by atoms with van der Waals surface area (Å²) < 4.78 is 8.11. The lowest BCUT2D eigenvalue weighted by atomic mass is 10.1. The van der Waals surface area contributed by atoms with Crippen LogP contribution in [0.4, 0.5) is 0 Å². The molecule has 2 aromatic carbocycles. The maximum Gasteiger partial charge on any atom is 0.152 e. The number of hydrogen-bond acceptors (Lipinski definition) is 2. The van der Waals surface area contributed by atoms with Gasteiger partial charge in [-0.15, -0.1) is 0 Å². The van der Waals surface area contributed by atoms with Gasteiger partial charge in [-0.2, -0.15) is 0 Å². The lowest BCUT2D eigenvalue weighted by molar-refractivity contribution is 0.112. The van der Waals surface area contributed by atoms with Gasteiger partial charge in [-0.3, -0.25) is 4.79 Å². The van der Waals surface area contributed by atoms with Crippen molar-refractivity contribution in [2.24, 2.45) is 0 Å². The molecule has 0 saturated heterocycles. The maximum absolute atomic E-state index is 11.2. The van der Waals surface area contributed by atoms with E-state index in [1.165, 1.54) is 5.56 Å². The van der Waals surface area contributed by atoms with Gasteiger partial charge < -0.3 is 9.30 Å². The third-order valence-corrected chi connectivity index (χ3v) is 4.06. The lowest BCUT2D eigenvalue weighted by Gasteiger charge is -2.13. The largest absolute Gasteiger partial charge is 0.488 e. The number of carbonyl (C=O) groups excluding carboxylic acids is 1. The number of nitrogens with zero attached hydrogens (tertiary/aromatic N) is 1. The summed E-state index contributed by atoms with van der Waals surface area (Å²) in [5.74, 6) is 0.981. The fourth-order valence-electron chi connectivity index (χ4n) is 3.11. The van der Waals surface area contributed by atoms with Crippen molar-refractivity contribution in [3.63, 3.8) is 0 Å². The van der Waals surface area contributed by atoms with Gasteiger partial charge in [-0.05, 0) is 23.8 Å². The van der Waals surface area contributed by atoms with E-state index >= 15 is 0 Å². The van der Waals surface area contributed by atoms with Gasteiger partial charge in [-0.25, -0.2) is 0 Å². The Morgan fingerprint density at radius 1 is 1.14 bits per heavy atom. The minimum absolute atomic E-state index is 0.123. The van der Waals surface area contributed by atoms with E-state index in [1.54, 1.807) is 0 Å². The number of carbonyl (C=O) groups is 1. The summed E-state index contributed by atoms with van der Waals surface area (Å²) in [5, 5.41) is 1.09. The Balaban J connectivity index is 1.66. The second-order valence-electron chi connectivity index (χ2n) is 5.42. The monoisotopic (exact) mass is 277 g/mol. The average Bonchev–Trinajstić information content (AvgIpc) is 3.11. The molecule has 104 valence electrons. The summed E-state index contributed by atoms with van der Waals surface area (Å²) in [6.07, 6.45) is 3.99. The highest BCUT2D eigenvalue weighted by atomic mass is 16.5. The predicted molar refractivity (Wildman–Crippen MR) is 81.9 cm³/mol. The normalized spacial score (nSPS) is 16.7. The van der Waals surface area contributed by atoms with Gasteiger partial charge in [0.25, 0.3) is 0 Å². The third kappa shape index (κ3) is 2.02. The van der Waals surface area contributed by atoms with Crippen LogP contribution in [0.25, 0.3) is 10.9 Å². The first-order valence-electron chi connectivity index (χ1n) is 7.13. The molecule has 0 aliphatic carbocycles. The highest BCUT2D eigenvalue weighted by Gasteiger charge is 2.23. The van der Waals surface area contributed by atoms with Gasteiger partial charge in [0.1, 0.15) is 11.9 Å². The Bertz CT molecular complexity index is 794. The molecule has 0 bridgehead atoms. The molecular formula is C18H15NO2. The van der Waals surface area contributed by atoms with E-state index < -0.39 is 0 Å².